The van der Waals surface area contributed by atoms with Gasteiger partial charge in [0.05, 0.1) is 6.10 Å². The molecule has 2 aliphatic rings. The van der Waals surface area contributed by atoms with E-state index in [-0.39, 0.29) is 11.9 Å². The molecule has 0 spiro atoms. The predicted molar refractivity (Wildman–Crippen MR) is 123 cm³/mol. The first-order chi connectivity index (χ1) is 16.3. The number of hydrogen-bond acceptors (Lipinski definition) is 3. The van der Waals surface area contributed by atoms with E-state index in [9.17, 15) is 17.6 Å². The molecule has 1 aromatic carbocycles. The second-order valence-corrected chi connectivity index (χ2v) is 9.44. The zero-order valence-corrected chi connectivity index (χ0v) is 19.4. The molecule has 0 aliphatic heterocycles. The summed E-state index contributed by atoms with van der Waals surface area (Å²) < 4.78 is 59.9. The zero-order valence-electron chi connectivity index (χ0n) is 19.4. The third-order valence-corrected chi connectivity index (χ3v) is 7.02. The van der Waals surface area contributed by atoms with Crippen LogP contribution in [-0.4, -0.2) is 19.1 Å². The molecular weight excluding hydrogens is 446 g/mol. The van der Waals surface area contributed by atoms with E-state index < -0.39 is 12.2 Å². The Kier molecular flexibility index (Phi) is 10.0. The van der Waals surface area contributed by atoms with E-state index in [1.807, 2.05) is 6.08 Å². The van der Waals surface area contributed by atoms with E-state index in [4.69, 9.17) is 10.00 Å². The molecule has 0 atom stereocenters. The number of nitrogens with zero attached hydrogens (tertiary/aromatic N) is 1. The summed E-state index contributed by atoms with van der Waals surface area (Å²) in [6.07, 6.45) is 11.0. The van der Waals surface area contributed by atoms with Gasteiger partial charge in [0, 0.05) is 6.61 Å². The van der Waals surface area contributed by atoms with Crippen LogP contribution in [0.25, 0.3) is 0 Å². The van der Waals surface area contributed by atoms with E-state index in [1.165, 1.54) is 50.0 Å². The van der Waals surface area contributed by atoms with Crippen molar-refractivity contribution in [2.75, 3.05) is 6.61 Å². The molecule has 0 aromatic heterocycles. The molecule has 186 valence electrons. The molecule has 7 heteroatoms. The minimum atomic E-state index is -4.66. The maximum absolute atomic E-state index is 12.7. The number of halogens is 4. The summed E-state index contributed by atoms with van der Waals surface area (Å²) in [7, 11) is 0. The molecule has 0 amide bonds. The molecule has 0 N–H and O–H groups in total. The van der Waals surface area contributed by atoms with Crippen molar-refractivity contribution in [3.8, 4) is 11.8 Å². The van der Waals surface area contributed by atoms with Crippen LogP contribution in [-0.2, 0) is 4.74 Å². The van der Waals surface area contributed by atoms with Gasteiger partial charge in [0.2, 0.25) is 0 Å². The number of ether oxygens (including phenoxy) is 2. The van der Waals surface area contributed by atoms with Crippen molar-refractivity contribution in [1.82, 2.24) is 0 Å². The zero-order chi connectivity index (χ0) is 24.4. The highest BCUT2D eigenvalue weighted by Gasteiger charge is 2.31. The summed E-state index contributed by atoms with van der Waals surface area (Å²) in [5.74, 6) is 0.727. The van der Waals surface area contributed by atoms with E-state index in [1.54, 1.807) is 18.2 Å². The lowest BCUT2D eigenvalue weighted by molar-refractivity contribution is -0.274. The molecule has 0 saturated heterocycles. The average molecular weight is 480 g/mol. The van der Waals surface area contributed by atoms with Gasteiger partial charge in [-0.2, -0.15) is 9.65 Å². The summed E-state index contributed by atoms with van der Waals surface area (Å²) in [5.41, 5.74) is 1.06. The van der Waals surface area contributed by atoms with Crippen molar-refractivity contribution in [2.45, 2.75) is 82.6 Å². The van der Waals surface area contributed by atoms with Crippen LogP contribution in [0.15, 0.2) is 48.3 Å². The molecular formula is C27H33F4NO2. The summed E-state index contributed by atoms with van der Waals surface area (Å²) >= 11 is 0. The summed E-state index contributed by atoms with van der Waals surface area (Å²) in [5, 5.41) is 8.37. The van der Waals surface area contributed by atoms with E-state index in [0.29, 0.717) is 17.8 Å². The Hall–Kier alpha value is -2.33. The molecule has 2 fully saturated rings. The average Bonchev–Trinajstić information content (AvgIpc) is 2.83. The first-order valence-electron chi connectivity index (χ1n) is 12.2. The van der Waals surface area contributed by atoms with Crippen molar-refractivity contribution in [3.63, 3.8) is 0 Å². The molecule has 0 bridgehead atoms. The lowest BCUT2D eigenvalue weighted by Crippen LogP contribution is -2.25. The topological polar surface area (TPSA) is 42.2 Å². The van der Waals surface area contributed by atoms with Crippen LogP contribution in [0.5, 0.6) is 5.75 Å². The predicted octanol–water partition coefficient (Wildman–Crippen LogP) is 8.15. The second kappa shape index (κ2) is 12.9. The number of rotatable bonds is 9. The molecule has 34 heavy (non-hydrogen) atoms. The van der Waals surface area contributed by atoms with E-state index >= 15 is 0 Å². The first-order valence-corrected chi connectivity index (χ1v) is 12.2. The standard InChI is InChI=1S/C27H33F4NO2/c28-24(18-32)5-3-1-2-4-20-6-8-21(9-7-20)19-33-25-14-10-22(11-15-25)23-12-16-26(17-13-23)34-27(29,30)31/h1,3,5,12-13,16-17,20-22,25H,2,4,6-11,14-15,19H2. The fourth-order valence-corrected chi connectivity index (χ4v) is 5.08. The largest absolute Gasteiger partial charge is 0.573 e. The number of benzene rings is 1. The van der Waals surface area contributed by atoms with Gasteiger partial charge in [-0.1, -0.05) is 37.1 Å². The van der Waals surface area contributed by atoms with Gasteiger partial charge in [-0.3, -0.25) is 0 Å². The monoisotopic (exact) mass is 479 g/mol. The minimum Gasteiger partial charge on any atom is -0.406 e. The normalized spacial score (nSPS) is 26.4. The third-order valence-electron chi connectivity index (χ3n) is 7.02. The number of allylic oxidation sites excluding steroid dienone is 4. The fraction of sp³-hybridized carbons (Fsp3) is 0.593. The Morgan fingerprint density at radius 1 is 0.971 bits per heavy atom. The molecule has 1 aromatic rings. The van der Waals surface area contributed by atoms with Crippen molar-refractivity contribution >= 4 is 0 Å². The Balaban J connectivity index is 1.29. The SMILES string of the molecule is N#CC(F)=CC=CCCC1CCC(COC2CCC(c3ccc(OC(F)(F)F)cc3)CC2)CC1. The Labute approximate surface area is 199 Å². The molecule has 0 heterocycles. The van der Waals surface area contributed by atoms with Crippen molar-refractivity contribution in [2.24, 2.45) is 11.8 Å². The van der Waals surface area contributed by atoms with Gasteiger partial charge in [-0.15, -0.1) is 13.2 Å². The fourth-order valence-electron chi connectivity index (χ4n) is 5.08. The maximum Gasteiger partial charge on any atom is 0.573 e. The first kappa shape index (κ1) is 26.3. The van der Waals surface area contributed by atoms with Gasteiger partial charge in [0.15, 0.2) is 5.83 Å². The van der Waals surface area contributed by atoms with Gasteiger partial charge in [0.25, 0.3) is 0 Å². The smallest absolute Gasteiger partial charge is 0.406 e. The van der Waals surface area contributed by atoms with Crippen LogP contribution >= 0.6 is 0 Å². The number of hydrogen-bond donors (Lipinski definition) is 0. The Morgan fingerprint density at radius 2 is 1.62 bits per heavy atom. The van der Waals surface area contributed by atoms with Gasteiger partial charge in [-0.05, 0) is 92.9 Å². The van der Waals surface area contributed by atoms with E-state index in [0.717, 1.165) is 50.7 Å². The van der Waals surface area contributed by atoms with Crippen LogP contribution in [0.3, 0.4) is 0 Å². The number of nitriles is 1. The summed E-state index contributed by atoms with van der Waals surface area (Å²) in [6.45, 7) is 0.809. The Morgan fingerprint density at radius 3 is 2.24 bits per heavy atom. The highest BCUT2D eigenvalue weighted by molar-refractivity contribution is 5.30. The minimum absolute atomic E-state index is 0.178. The lowest BCUT2D eigenvalue weighted by atomic mass is 9.80. The highest BCUT2D eigenvalue weighted by Crippen LogP contribution is 2.37. The molecule has 0 unspecified atom stereocenters. The van der Waals surface area contributed by atoms with Crippen molar-refractivity contribution in [3.05, 3.63) is 53.9 Å². The third kappa shape index (κ3) is 9.13. The lowest BCUT2D eigenvalue weighted by Gasteiger charge is -2.32. The van der Waals surface area contributed by atoms with Crippen LogP contribution in [0, 0.1) is 23.2 Å². The quantitative estimate of drug-likeness (QED) is 0.204. The Bertz CT molecular complexity index is 841. The maximum atomic E-state index is 12.7. The molecule has 0 radical (unpaired) electrons. The van der Waals surface area contributed by atoms with Crippen LogP contribution in [0.1, 0.15) is 75.7 Å². The van der Waals surface area contributed by atoms with Crippen LogP contribution in [0.4, 0.5) is 17.6 Å². The van der Waals surface area contributed by atoms with Crippen molar-refractivity contribution in [1.29, 1.82) is 5.26 Å². The molecule has 2 saturated carbocycles. The van der Waals surface area contributed by atoms with Crippen molar-refractivity contribution < 1.29 is 27.0 Å². The summed E-state index contributed by atoms with van der Waals surface area (Å²) in [6, 6.07) is 7.72. The van der Waals surface area contributed by atoms with Crippen LogP contribution < -0.4 is 4.74 Å². The molecule has 3 nitrogen and oxygen atoms in total. The summed E-state index contributed by atoms with van der Waals surface area (Å²) in [4.78, 5) is 0. The van der Waals surface area contributed by atoms with E-state index in [2.05, 4.69) is 4.74 Å². The van der Waals surface area contributed by atoms with Gasteiger partial charge < -0.3 is 9.47 Å². The second-order valence-electron chi connectivity index (χ2n) is 9.44. The van der Waals surface area contributed by atoms with Gasteiger partial charge in [0.1, 0.15) is 11.8 Å². The van der Waals surface area contributed by atoms with Crippen LogP contribution in [0.2, 0.25) is 0 Å². The molecule has 2 aliphatic carbocycles. The molecule has 3 rings (SSSR count). The van der Waals surface area contributed by atoms with Gasteiger partial charge in [-0.25, -0.2) is 0 Å². The highest BCUT2D eigenvalue weighted by atomic mass is 19.4. The van der Waals surface area contributed by atoms with Gasteiger partial charge >= 0.3 is 6.36 Å². The number of alkyl halides is 3.